The van der Waals surface area contributed by atoms with Crippen LogP contribution in [0.15, 0.2) is 54.6 Å². The molecule has 0 saturated carbocycles. The molecule has 3 aromatic rings. The third-order valence-corrected chi connectivity index (χ3v) is 4.77. The summed E-state index contributed by atoms with van der Waals surface area (Å²) in [6, 6.07) is 16.9. The van der Waals surface area contributed by atoms with Gasteiger partial charge in [0.25, 0.3) is 0 Å². The molecule has 6 heteroatoms. The lowest BCUT2D eigenvalue weighted by atomic mass is 9.92. The zero-order valence-corrected chi connectivity index (χ0v) is 15.6. The van der Waals surface area contributed by atoms with Crippen LogP contribution in [0.5, 0.6) is 5.75 Å². The number of halogens is 1. The predicted octanol–water partition coefficient (Wildman–Crippen LogP) is 3.35. The van der Waals surface area contributed by atoms with Crippen molar-refractivity contribution in [1.82, 2.24) is 5.32 Å². The number of carbonyl (C=O) groups is 1. The van der Waals surface area contributed by atoms with Crippen molar-refractivity contribution in [2.75, 3.05) is 7.11 Å². The number of nitrogens with two attached hydrogens (primary N) is 1. The number of ether oxygens (including phenoxy) is 1. The van der Waals surface area contributed by atoms with Gasteiger partial charge < -0.3 is 15.8 Å². The number of hydrogen-bond donors (Lipinski definition) is 2. The highest BCUT2D eigenvalue weighted by atomic mass is 19.1. The first-order valence-corrected chi connectivity index (χ1v) is 8.70. The summed E-state index contributed by atoms with van der Waals surface area (Å²) in [5, 5.41) is 14.0. The fraction of sp³-hybridized carbons (Fsp3) is 0.182. The number of nitrogens with one attached hydrogen (secondary N) is 1. The van der Waals surface area contributed by atoms with Gasteiger partial charge in [0.2, 0.25) is 5.91 Å². The van der Waals surface area contributed by atoms with Crippen LogP contribution in [0.2, 0.25) is 0 Å². The molecule has 0 aliphatic rings. The van der Waals surface area contributed by atoms with Crippen LogP contribution in [0.3, 0.4) is 0 Å². The van der Waals surface area contributed by atoms with Crippen molar-refractivity contribution in [2.45, 2.75) is 19.0 Å². The zero-order valence-electron chi connectivity index (χ0n) is 15.6. The molecule has 0 aliphatic heterocycles. The van der Waals surface area contributed by atoms with Gasteiger partial charge in [-0.15, -0.1) is 0 Å². The molecule has 0 spiro atoms. The molecule has 0 bridgehead atoms. The van der Waals surface area contributed by atoms with E-state index >= 15 is 0 Å². The maximum atomic E-state index is 13.2. The highest BCUT2D eigenvalue weighted by Crippen LogP contribution is 2.32. The SMILES string of the molecule is COc1c(C#N)cc2ccccc2c1CNC(=O)C(C)(N)c1ccc(F)cc1. The van der Waals surface area contributed by atoms with Crippen molar-refractivity contribution in [3.8, 4) is 11.8 Å². The average molecular weight is 377 g/mol. The standard InChI is InChI=1S/C22H20FN3O2/c1-22(25,16-7-9-17(23)10-8-16)21(27)26-13-19-18-6-4-3-5-14(18)11-15(12-24)20(19)28-2/h3-11H,13,25H2,1-2H3,(H,26,27). The molecule has 1 amide bonds. The molecule has 1 atom stereocenters. The Morgan fingerprint density at radius 1 is 1.25 bits per heavy atom. The van der Waals surface area contributed by atoms with Crippen LogP contribution in [0.4, 0.5) is 4.39 Å². The molecular weight excluding hydrogens is 357 g/mol. The van der Waals surface area contributed by atoms with E-state index in [1.54, 1.807) is 13.0 Å². The van der Waals surface area contributed by atoms with Gasteiger partial charge in [-0.25, -0.2) is 4.39 Å². The molecule has 3 rings (SSSR count). The number of fused-ring (bicyclic) bond motifs is 1. The van der Waals surface area contributed by atoms with Gasteiger partial charge in [-0.3, -0.25) is 4.79 Å². The minimum Gasteiger partial charge on any atom is -0.495 e. The van der Waals surface area contributed by atoms with E-state index in [9.17, 15) is 14.4 Å². The second kappa shape index (κ2) is 7.67. The Kier molecular flexibility index (Phi) is 5.30. The van der Waals surface area contributed by atoms with Crippen molar-refractivity contribution in [2.24, 2.45) is 5.73 Å². The third-order valence-electron chi connectivity index (χ3n) is 4.77. The maximum absolute atomic E-state index is 13.2. The Bertz CT molecular complexity index is 1070. The van der Waals surface area contributed by atoms with Crippen LogP contribution in [-0.2, 0) is 16.9 Å². The summed E-state index contributed by atoms with van der Waals surface area (Å²) < 4.78 is 18.6. The van der Waals surface area contributed by atoms with E-state index in [0.29, 0.717) is 22.4 Å². The summed E-state index contributed by atoms with van der Waals surface area (Å²) in [6.07, 6.45) is 0. The van der Waals surface area contributed by atoms with E-state index in [0.717, 1.165) is 10.8 Å². The number of hydrogen-bond acceptors (Lipinski definition) is 4. The molecule has 0 radical (unpaired) electrons. The van der Waals surface area contributed by atoms with E-state index in [2.05, 4.69) is 11.4 Å². The molecule has 3 aromatic carbocycles. The second-order valence-electron chi connectivity index (χ2n) is 6.66. The number of carbonyl (C=O) groups excluding carboxylic acids is 1. The molecule has 28 heavy (non-hydrogen) atoms. The Labute approximate surface area is 162 Å². The monoisotopic (exact) mass is 377 g/mol. The van der Waals surface area contributed by atoms with Crippen LogP contribution in [0, 0.1) is 17.1 Å². The normalized spacial score (nSPS) is 12.8. The van der Waals surface area contributed by atoms with Crippen molar-refractivity contribution in [3.63, 3.8) is 0 Å². The van der Waals surface area contributed by atoms with Gasteiger partial charge in [-0.05, 0) is 41.5 Å². The molecule has 0 fully saturated rings. The molecule has 142 valence electrons. The Morgan fingerprint density at radius 2 is 1.93 bits per heavy atom. The third kappa shape index (κ3) is 3.53. The molecule has 0 saturated heterocycles. The van der Waals surface area contributed by atoms with Crippen LogP contribution in [0.1, 0.15) is 23.6 Å². The van der Waals surface area contributed by atoms with Gasteiger partial charge in [0, 0.05) is 12.1 Å². The minimum absolute atomic E-state index is 0.131. The van der Waals surface area contributed by atoms with Gasteiger partial charge in [0.15, 0.2) is 0 Å². The lowest BCUT2D eigenvalue weighted by Gasteiger charge is -2.24. The Hall–Kier alpha value is -3.43. The van der Waals surface area contributed by atoms with Crippen LogP contribution in [0.25, 0.3) is 10.8 Å². The molecule has 5 nitrogen and oxygen atoms in total. The number of benzene rings is 3. The summed E-state index contributed by atoms with van der Waals surface area (Å²) >= 11 is 0. The smallest absolute Gasteiger partial charge is 0.244 e. The Morgan fingerprint density at radius 3 is 2.57 bits per heavy atom. The average Bonchev–Trinajstić information content (AvgIpc) is 2.71. The fourth-order valence-corrected chi connectivity index (χ4v) is 3.17. The summed E-state index contributed by atoms with van der Waals surface area (Å²) in [4.78, 5) is 12.8. The largest absolute Gasteiger partial charge is 0.495 e. The number of nitrogens with zero attached hydrogens (tertiary/aromatic N) is 1. The molecule has 0 aromatic heterocycles. The quantitative estimate of drug-likeness (QED) is 0.714. The maximum Gasteiger partial charge on any atom is 0.244 e. The minimum atomic E-state index is -1.34. The van der Waals surface area contributed by atoms with Gasteiger partial charge in [-0.2, -0.15) is 5.26 Å². The molecule has 0 aliphatic carbocycles. The fourth-order valence-electron chi connectivity index (χ4n) is 3.17. The van der Waals surface area contributed by atoms with Crippen LogP contribution in [-0.4, -0.2) is 13.0 Å². The van der Waals surface area contributed by atoms with E-state index in [1.165, 1.54) is 31.4 Å². The van der Waals surface area contributed by atoms with Gasteiger partial charge >= 0.3 is 0 Å². The van der Waals surface area contributed by atoms with E-state index in [-0.39, 0.29) is 6.54 Å². The first-order valence-electron chi connectivity index (χ1n) is 8.70. The van der Waals surface area contributed by atoms with E-state index in [4.69, 9.17) is 10.5 Å². The number of methoxy groups -OCH3 is 1. The summed E-state index contributed by atoms with van der Waals surface area (Å²) in [5.74, 6) is -0.404. The van der Waals surface area contributed by atoms with Gasteiger partial charge in [0.05, 0.1) is 12.7 Å². The number of nitriles is 1. The molecule has 0 heterocycles. The second-order valence-corrected chi connectivity index (χ2v) is 6.66. The summed E-state index contributed by atoms with van der Waals surface area (Å²) in [5.41, 5.74) is 6.45. The summed E-state index contributed by atoms with van der Waals surface area (Å²) in [6.45, 7) is 1.70. The van der Waals surface area contributed by atoms with E-state index < -0.39 is 17.3 Å². The molecule has 3 N–H and O–H groups in total. The first-order chi connectivity index (χ1) is 13.4. The topological polar surface area (TPSA) is 88.1 Å². The highest BCUT2D eigenvalue weighted by molar-refractivity contribution is 5.91. The van der Waals surface area contributed by atoms with E-state index in [1.807, 2.05) is 24.3 Å². The van der Waals surface area contributed by atoms with Crippen LogP contribution >= 0.6 is 0 Å². The van der Waals surface area contributed by atoms with Crippen LogP contribution < -0.4 is 15.8 Å². The van der Waals surface area contributed by atoms with Crippen molar-refractivity contribution in [1.29, 1.82) is 5.26 Å². The zero-order chi connectivity index (χ0) is 20.3. The Balaban J connectivity index is 1.94. The van der Waals surface area contributed by atoms with Crippen molar-refractivity contribution < 1.29 is 13.9 Å². The van der Waals surface area contributed by atoms with Crippen molar-refractivity contribution >= 4 is 16.7 Å². The molecular formula is C22H20FN3O2. The first kappa shape index (κ1) is 19.3. The van der Waals surface area contributed by atoms with Gasteiger partial charge in [0.1, 0.15) is 23.2 Å². The lowest BCUT2D eigenvalue weighted by Crippen LogP contribution is -2.48. The van der Waals surface area contributed by atoms with Crippen molar-refractivity contribution in [3.05, 3.63) is 77.1 Å². The number of rotatable bonds is 5. The predicted molar refractivity (Wildman–Crippen MR) is 105 cm³/mol. The van der Waals surface area contributed by atoms with Gasteiger partial charge in [-0.1, -0.05) is 36.4 Å². The highest BCUT2D eigenvalue weighted by Gasteiger charge is 2.30. The number of amides is 1. The lowest BCUT2D eigenvalue weighted by molar-refractivity contribution is -0.126. The summed E-state index contributed by atoms with van der Waals surface area (Å²) in [7, 11) is 1.49. The molecule has 1 unspecified atom stereocenters.